The summed E-state index contributed by atoms with van der Waals surface area (Å²) in [6.07, 6.45) is 2.97. The number of nitrogens with one attached hydrogen (secondary N) is 2. The molecule has 2 aromatic carbocycles. The lowest BCUT2D eigenvalue weighted by Gasteiger charge is -2.29. The van der Waals surface area contributed by atoms with E-state index in [-0.39, 0.29) is 12.0 Å². The van der Waals surface area contributed by atoms with Gasteiger partial charge in [0.05, 0.1) is 29.6 Å². The molecule has 36 heavy (non-hydrogen) atoms. The number of halogens is 2. The van der Waals surface area contributed by atoms with Crippen molar-refractivity contribution < 1.29 is 14.6 Å². The van der Waals surface area contributed by atoms with Crippen molar-refractivity contribution in [3.63, 3.8) is 0 Å². The van der Waals surface area contributed by atoms with E-state index in [2.05, 4.69) is 16.8 Å². The van der Waals surface area contributed by atoms with Crippen LogP contribution in [-0.2, 0) is 6.54 Å². The van der Waals surface area contributed by atoms with Gasteiger partial charge in [-0.05, 0) is 60.4 Å². The Labute approximate surface area is 219 Å². The van der Waals surface area contributed by atoms with Gasteiger partial charge in [0.2, 0.25) is 0 Å². The summed E-state index contributed by atoms with van der Waals surface area (Å²) >= 11 is 12.7. The van der Waals surface area contributed by atoms with Gasteiger partial charge < -0.3 is 15.2 Å². The average molecular weight is 528 g/mol. The maximum absolute atomic E-state index is 13.4. The molecule has 1 saturated heterocycles. The summed E-state index contributed by atoms with van der Waals surface area (Å²) in [4.78, 5) is 13.4. The fourth-order valence-electron chi connectivity index (χ4n) is 4.56. The van der Waals surface area contributed by atoms with Gasteiger partial charge in [-0.1, -0.05) is 35.3 Å². The number of carbonyl (C=O) groups is 1. The summed E-state index contributed by atoms with van der Waals surface area (Å²) in [5.74, 6) is 0.487. The van der Waals surface area contributed by atoms with Crippen LogP contribution in [0, 0.1) is 0 Å². The van der Waals surface area contributed by atoms with Crippen LogP contribution in [0.4, 0.5) is 0 Å². The lowest BCUT2D eigenvalue weighted by atomic mass is 9.99. The third-order valence-corrected chi connectivity index (χ3v) is 6.98. The quantitative estimate of drug-likeness (QED) is 0.465. The summed E-state index contributed by atoms with van der Waals surface area (Å²) in [6.45, 7) is 2.25. The highest BCUT2D eigenvalue weighted by Gasteiger charge is 2.30. The summed E-state index contributed by atoms with van der Waals surface area (Å²) in [7, 11) is 1.64. The van der Waals surface area contributed by atoms with Crippen molar-refractivity contribution in [2.75, 3.05) is 26.7 Å². The Bertz CT molecular complexity index is 1300. The Hall–Kier alpha value is -2.88. The van der Waals surface area contributed by atoms with Gasteiger partial charge in [0.1, 0.15) is 5.75 Å². The molecule has 1 fully saturated rings. The first-order valence-corrected chi connectivity index (χ1v) is 12.6. The van der Waals surface area contributed by atoms with Crippen LogP contribution in [-0.4, -0.2) is 58.7 Å². The molecule has 0 aliphatic carbocycles. The minimum absolute atomic E-state index is 0.293. The highest BCUT2D eigenvalue weighted by Crippen LogP contribution is 2.33. The van der Waals surface area contributed by atoms with Crippen molar-refractivity contribution in [2.45, 2.75) is 25.5 Å². The van der Waals surface area contributed by atoms with Crippen LogP contribution in [0.5, 0.6) is 5.75 Å². The number of nitrogens with zero attached hydrogens (tertiary/aromatic N) is 3. The van der Waals surface area contributed by atoms with Gasteiger partial charge in [-0.25, -0.2) is 9.69 Å². The average Bonchev–Trinajstić information content (AvgIpc) is 3.26. The van der Waals surface area contributed by atoms with E-state index in [0.29, 0.717) is 60.4 Å². The molecular weight excluding hydrogens is 501 g/mol. The second kappa shape index (κ2) is 10.6. The lowest BCUT2D eigenvalue weighted by Crippen LogP contribution is -2.48. The fraction of sp³-hybridized carbons (Fsp3) is 0.308. The van der Waals surface area contributed by atoms with Gasteiger partial charge in [-0.3, -0.25) is 10.2 Å². The molecule has 3 aromatic rings. The van der Waals surface area contributed by atoms with Crippen molar-refractivity contribution >= 4 is 40.8 Å². The molecule has 3 N–H and O–H groups in total. The van der Waals surface area contributed by atoms with Crippen LogP contribution < -0.4 is 15.5 Å². The lowest BCUT2D eigenvalue weighted by molar-refractivity contribution is 0.0463. The van der Waals surface area contributed by atoms with Gasteiger partial charge in [0.15, 0.2) is 5.69 Å². The number of carbonyl (C=O) groups excluding carboxylic acids is 1. The Morgan fingerprint density at radius 2 is 1.92 bits per heavy atom. The van der Waals surface area contributed by atoms with E-state index in [9.17, 15) is 9.90 Å². The first-order valence-electron chi connectivity index (χ1n) is 11.8. The number of methoxy groups -OCH3 is 1. The molecule has 0 radical (unpaired) electrons. The molecule has 0 saturated carbocycles. The number of ether oxygens (including phenoxy) is 1. The van der Waals surface area contributed by atoms with Crippen molar-refractivity contribution in [3.8, 4) is 11.4 Å². The highest BCUT2D eigenvalue weighted by molar-refractivity contribution is 6.35. The highest BCUT2D eigenvalue weighted by atomic mass is 35.5. The number of rotatable bonds is 5. The molecule has 0 unspecified atom stereocenters. The van der Waals surface area contributed by atoms with Crippen LogP contribution in [0.3, 0.4) is 0 Å². The number of hydrogen-bond acceptors (Lipinski definition) is 6. The fourth-order valence-corrected chi connectivity index (χ4v) is 5.05. The van der Waals surface area contributed by atoms with E-state index in [4.69, 9.17) is 33.0 Å². The number of piperidine rings is 1. The predicted molar refractivity (Wildman–Crippen MR) is 140 cm³/mol. The third kappa shape index (κ3) is 5.14. The molecule has 188 valence electrons. The zero-order valence-electron chi connectivity index (χ0n) is 19.8. The number of aliphatic hydroxyl groups excluding tert-OH is 1. The van der Waals surface area contributed by atoms with Crippen LogP contribution >= 0.6 is 23.2 Å². The summed E-state index contributed by atoms with van der Waals surface area (Å²) in [5.41, 5.74) is 7.52. The number of hydrogen-bond donors (Lipinski definition) is 3. The molecule has 5 rings (SSSR count). The molecule has 2 aliphatic rings. The molecule has 3 heterocycles. The third-order valence-electron chi connectivity index (χ3n) is 6.44. The van der Waals surface area contributed by atoms with Crippen LogP contribution in [0.15, 0.2) is 42.5 Å². The second-order valence-electron chi connectivity index (χ2n) is 8.89. The number of fused-ring (bicyclic) bond motifs is 1. The molecule has 1 amide bonds. The molecule has 0 bridgehead atoms. The molecule has 10 heteroatoms. The molecular formula is C26H27Cl2N5O3. The first kappa shape index (κ1) is 24.8. The summed E-state index contributed by atoms with van der Waals surface area (Å²) < 4.78 is 7.01. The molecule has 0 spiro atoms. The van der Waals surface area contributed by atoms with Gasteiger partial charge in [0.25, 0.3) is 5.91 Å². The normalized spacial score (nSPS) is 17.7. The number of aromatic nitrogens is 2. The van der Waals surface area contributed by atoms with E-state index < -0.39 is 0 Å². The minimum atomic E-state index is -0.327. The van der Waals surface area contributed by atoms with Gasteiger partial charge in [0, 0.05) is 36.8 Å². The first-order chi connectivity index (χ1) is 17.4. The number of benzene rings is 2. The SMILES string of the molecule is COc1ccc(/C=C2\CNCc3c(C(=O)NN4CCC(O)CC4)nn(-c4ccc(Cl)cc4Cl)c32)cc1. The zero-order chi connectivity index (χ0) is 25.2. The number of aliphatic hydroxyl groups is 1. The molecule has 8 nitrogen and oxygen atoms in total. The minimum Gasteiger partial charge on any atom is -0.497 e. The van der Waals surface area contributed by atoms with Gasteiger partial charge in [-0.15, -0.1) is 0 Å². The molecule has 2 aliphatic heterocycles. The monoisotopic (exact) mass is 527 g/mol. The Kier molecular flexibility index (Phi) is 7.32. The smallest absolute Gasteiger partial charge is 0.286 e. The van der Waals surface area contributed by atoms with Crippen molar-refractivity contribution in [2.24, 2.45) is 0 Å². The van der Waals surface area contributed by atoms with E-state index in [0.717, 1.165) is 28.1 Å². The number of hydrazine groups is 1. The van der Waals surface area contributed by atoms with Crippen LogP contribution in [0.1, 0.15) is 40.2 Å². The Morgan fingerprint density at radius 1 is 1.17 bits per heavy atom. The summed E-state index contributed by atoms with van der Waals surface area (Å²) in [6, 6.07) is 13.0. The predicted octanol–water partition coefficient (Wildman–Crippen LogP) is 3.93. The van der Waals surface area contributed by atoms with E-state index in [1.165, 1.54) is 0 Å². The van der Waals surface area contributed by atoms with Gasteiger partial charge in [-0.2, -0.15) is 5.10 Å². The van der Waals surface area contributed by atoms with E-state index >= 15 is 0 Å². The topological polar surface area (TPSA) is 91.7 Å². The summed E-state index contributed by atoms with van der Waals surface area (Å²) in [5, 5.41) is 20.7. The molecule has 0 atom stereocenters. The Morgan fingerprint density at radius 3 is 2.61 bits per heavy atom. The van der Waals surface area contributed by atoms with E-state index in [1.807, 2.05) is 29.3 Å². The van der Waals surface area contributed by atoms with Crippen molar-refractivity contribution in [3.05, 3.63) is 75.0 Å². The zero-order valence-corrected chi connectivity index (χ0v) is 21.3. The largest absolute Gasteiger partial charge is 0.497 e. The second-order valence-corrected chi connectivity index (χ2v) is 9.73. The number of amides is 1. The maximum atomic E-state index is 13.4. The van der Waals surface area contributed by atoms with Crippen molar-refractivity contribution in [1.82, 2.24) is 25.5 Å². The van der Waals surface area contributed by atoms with E-state index in [1.54, 1.807) is 30.0 Å². The van der Waals surface area contributed by atoms with Crippen LogP contribution in [0.2, 0.25) is 10.0 Å². The Balaban J connectivity index is 1.57. The maximum Gasteiger partial charge on any atom is 0.286 e. The van der Waals surface area contributed by atoms with Crippen molar-refractivity contribution in [1.29, 1.82) is 0 Å². The molecule has 1 aromatic heterocycles. The standard InChI is InChI=1S/C26H27Cl2N5O3/c1-36-20-5-2-16(3-6-20)12-17-14-29-15-21-24(26(35)31-32-10-8-19(34)9-11-32)30-33(25(17)21)23-7-4-18(27)13-22(23)28/h2-7,12-13,19,29,34H,8-11,14-15H2,1H3,(H,31,35)/b17-12+. The van der Waals surface area contributed by atoms with Gasteiger partial charge >= 0.3 is 0 Å². The van der Waals surface area contributed by atoms with Crippen LogP contribution in [0.25, 0.3) is 17.3 Å².